The molecule has 1 unspecified atom stereocenters. The highest BCUT2D eigenvalue weighted by Gasteiger charge is 2.22. The van der Waals surface area contributed by atoms with E-state index in [0.29, 0.717) is 17.4 Å². The zero-order valence-electron chi connectivity index (χ0n) is 11.5. The Hall–Kier alpha value is -0.340. The second-order valence-corrected chi connectivity index (χ2v) is 6.71. The van der Waals surface area contributed by atoms with Crippen molar-refractivity contribution in [3.63, 3.8) is 0 Å². The second kappa shape index (κ2) is 6.01. The van der Waals surface area contributed by atoms with E-state index < -0.39 is 0 Å². The number of halogens is 1. The lowest BCUT2D eigenvalue weighted by atomic mass is 9.81. The first-order valence-corrected chi connectivity index (χ1v) is 7.11. The Balaban J connectivity index is 2.55. The van der Waals surface area contributed by atoms with Crippen LogP contribution in [0.5, 0.6) is 0 Å². The van der Waals surface area contributed by atoms with E-state index in [1.807, 2.05) is 0 Å². The van der Waals surface area contributed by atoms with Gasteiger partial charge in [-0.2, -0.15) is 0 Å². The molecule has 1 nitrogen and oxygen atoms in total. The molecule has 0 saturated carbocycles. The SMILES string of the molecule is CC(NCC(C)(C)C(C)C)c1ccc(Br)cc1. The van der Waals surface area contributed by atoms with E-state index in [4.69, 9.17) is 0 Å². The monoisotopic (exact) mass is 297 g/mol. The van der Waals surface area contributed by atoms with E-state index in [1.165, 1.54) is 5.56 Å². The fourth-order valence-electron chi connectivity index (χ4n) is 1.49. The van der Waals surface area contributed by atoms with Crippen LogP contribution in [0.15, 0.2) is 28.7 Å². The van der Waals surface area contributed by atoms with Crippen LogP contribution in [0.2, 0.25) is 0 Å². The third-order valence-corrected chi connectivity index (χ3v) is 4.33. The summed E-state index contributed by atoms with van der Waals surface area (Å²) >= 11 is 3.46. The minimum absolute atomic E-state index is 0.337. The van der Waals surface area contributed by atoms with Crippen molar-refractivity contribution in [1.82, 2.24) is 5.32 Å². The molecular weight excluding hydrogens is 274 g/mol. The maximum Gasteiger partial charge on any atom is 0.0292 e. The Bertz CT molecular complexity index is 340. The fourth-order valence-corrected chi connectivity index (χ4v) is 1.75. The average molecular weight is 298 g/mol. The van der Waals surface area contributed by atoms with Crippen LogP contribution in [0.25, 0.3) is 0 Å². The number of rotatable bonds is 5. The first kappa shape index (κ1) is 14.7. The van der Waals surface area contributed by atoms with Gasteiger partial charge in [0.25, 0.3) is 0 Å². The molecule has 0 bridgehead atoms. The van der Waals surface area contributed by atoms with Crippen LogP contribution in [-0.4, -0.2) is 6.54 Å². The Morgan fingerprint density at radius 2 is 1.65 bits per heavy atom. The van der Waals surface area contributed by atoms with Crippen LogP contribution in [0.3, 0.4) is 0 Å². The summed E-state index contributed by atoms with van der Waals surface area (Å²) in [6, 6.07) is 8.94. The number of nitrogens with one attached hydrogen (secondary N) is 1. The van der Waals surface area contributed by atoms with Gasteiger partial charge in [0.2, 0.25) is 0 Å². The molecule has 1 N–H and O–H groups in total. The molecule has 96 valence electrons. The highest BCUT2D eigenvalue weighted by molar-refractivity contribution is 9.10. The van der Waals surface area contributed by atoms with Crippen LogP contribution in [0.1, 0.15) is 46.2 Å². The molecule has 0 aliphatic heterocycles. The molecule has 17 heavy (non-hydrogen) atoms. The van der Waals surface area contributed by atoms with E-state index in [0.717, 1.165) is 11.0 Å². The summed E-state index contributed by atoms with van der Waals surface area (Å²) in [5.41, 5.74) is 1.68. The minimum atomic E-state index is 0.337. The highest BCUT2D eigenvalue weighted by Crippen LogP contribution is 2.26. The molecule has 0 heterocycles. The van der Waals surface area contributed by atoms with E-state index in [9.17, 15) is 0 Å². The van der Waals surface area contributed by atoms with Gasteiger partial charge >= 0.3 is 0 Å². The van der Waals surface area contributed by atoms with Crippen molar-refractivity contribution in [2.24, 2.45) is 11.3 Å². The van der Waals surface area contributed by atoms with Crippen LogP contribution in [0, 0.1) is 11.3 Å². The first-order valence-electron chi connectivity index (χ1n) is 6.32. The molecule has 0 saturated heterocycles. The van der Waals surface area contributed by atoms with Gasteiger partial charge in [-0.05, 0) is 36.0 Å². The molecule has 0 fully saturated rings. The molecule has 0 amide bonds. The third-order valence-electron chi connectivity index (χ3n) is 3.80. The van der Waals surface area contributed by atoms with Crippen molar-refractivity contribution in [2.45, 2.75) is 40.7 Å². The van der Waals surface area contributed by atoms with Crippen molar-refractivity contribution in [1.29, 1.82) is 0 Å². The Kier molecular flexibility index (Phi) is 5.21. The van der Waals surface area contributed by atoms with Crippen LogP contribution >= 0.6 is 15.9 Å². The highest BCUT2D eigenvalue weighted by atomic mass is 79.9. The van der Waals surface area contributed by atoms with Gasteiger partial charge in [-0.15, -0.1) is 0 Å². The summed E-state index contributed by atoms with van der Waals surface area (Å²) in [6.07, 6.45) is 0. The van der Waals surface area contributed by atoms with Gasteiger partial charge in [-0.1, -0.05) is 55.8 Å². The molecule has 0 aliphatic rings. The molecular formula is C15H24BrN. The van der Waals surface area contributed by atoms with Crippen molar-refractivity contribution < 1.29 is 0 Å². The number of hydrogen-bond acceptors (Lipinski definition) is 1. The van der Waals surface area contributed by atoms with E-state index in [2.05, 4.69) is 80.1 Å². The van der Waals surface area contributed by atoms with E-state index >= 15 is 0 Å². The molecule has 1 rings (SSSR count). The van der Waals surface area contributed by atoms with Crippen LogP contribution < -0.4 is 5.32 Å². The molecule has 1 atom stereocenters. The van der Waals surface area contributed by atoms with Gasteiger partial charge in [-0.25, -0.2) is 0 Å². The van der Waals surface area contributed by atoms with E-state index in [1.54, 1.807) is 0 Å². The Labute approximate surface area is 114 Å². The topological polar surface area (TPSA) is 12.0 Å². The molecule has 1 aromatic carbocycles. The zero-order chi connectivity index (χ0) is 13.1. The van der Waals surface area contributed by atoms with Crippen molar-refractivity contribution in [3.05, 3.63) is 34.3 Å². The predicted molar refractivity (Wildman–Crippen MR) is 79.2 cm³/mol. The fraction of sp³-hybridized carbons (Fsp3) is 0.600. The van der Waals surface area contributed by atoms with Crippen LogP contribution in [-0.2, 0) is 0 Å². The molecule has 2 heteroatoms. The molecule has 1 aromatic rings. The smallest absolute Gasteiger partial charge is 0.0292 e. The summed E-state index contributed by atoms with van der Waals surface area (Å²) in [5.74, 6) is 0.687. The van der Waals surface area contributed by atoms with E-state index in [-0.39, 0.29) is 0 Å². The van der Waals surface area contributed by atoms with Gasteiger partial charge in [0.05, 0.1) is 0 Å². The Morgan fingerprint density at radius 1 is 1.12 bits per heavy atom. The Morgan fingerprint density at radius 3 is 2.12 bits per heavy atom. The summed E-state index contributed by atoms with van der Waals surface area (Å²) in [5, 5.41) is 3.62. The zero-order valence-corrected chi connectivity index (χ0v) is 13.1. The lowest BCUT2D eigenvalue weighted by molar-refractivity contribution is 0.230. The molecule has 0 aromatic heterocycles. The molecule has 0 aliphatic carbocycles. The van der Waals surface area contributed by atoms with Gasteiger partial charge < -0.3 is 5.32 Å². The maximum absolute atomic E-state index is 3.62. The first-order chi connectivity index (χ1) is 7.83. The molecule has 0 radical (unpaired) electrons. The van der Waals surface area contributed by atoms with Gasteiger partial charge in [0, 0.05) is 17.1 Å². The van der Waals surface area contributed by atoms with Gasteiger partial charge in [0.1, 0.15) is 0 Å². The summed E-state index contributed by atoms with van der Waals surface area (Å²) in [6.45, 7) is 12.5. The number of benzene rings is 1. The van der Waals surface area contributed by atoms with Crippen molar-refractivity contribution in [2.75, 3.05) is 6.54 Å². The van der Waals surface area contributed by atoms with Gasteiger partial charge in [0.15, 0.2) is 0 Å². The third kappa shape index (κ3) is 4.44. The standard InChI is InChI=1S/C15H24BrN/c1-11(2)15(4,5)10-17-12(3)13-6-8-14(16)9-7-13/h6-9,11-12,17H,10H2,1-5H3. The van der Waals surface area contributed by atoms with Gasteiger partial charge in [-0.3, -0.25) is 0 Å². The minimum Gasteiger partial charge on any atom is -0.310 e. The normalized spacial score (nSPS) is 14.1. The van der Waals surface area contributed by atoms with Crippen molar-refractivity contribution in [3.8, 4) is 0 Å². The largest absolute Gasteiger partial charge is 0.310 e. The lowest BCUT2D eigenvalue weighted by Crippen LogP contribution is -2.34. The lowest BCUT2D eigenvalue weighted by Gasteiger charge is -2.31. The average Bonchev–Trinajstić information content (AvgIpc) is 2.27. The second-order valence-electron chi connectivity index (χ2n) is 5.80. The molecule has 0 spiro atoms. The summed E-state index contributed by atoms with van der Waals surface area (Å²) in [4.78, 5) is 0. The van der Waals surface area contributed by atoms with Crippen LogP contribution in [0.4, 0.5) is 0 Å². The van der Waals surface area contributed by atoms with Crippen molar-refractivity contribution >= 4 is 15.9 Å². The maximum atomic E-state index is 3.62. The quantitative estimate of drug-likeness (QED) is 0.824. The number of hydrogen-bond donors (Lipinski definition) is 1. The summed E-state index contributed by atoms with van der Waals surface area (Å²) < 4.78 is 1.14. The summed E-state index contributed by atoms with van der Waals surface area (Å²) in [7, 11) is 0. The predicted octanol–water partition coefficient (Wildman–Crippen LogP) is 4.78.